The Kier molecular flexibility index (Phi) is 3.57. The highest BCUT2D eigenvalue weighted by Gasteiger charge is 2.26. The summed E-state index contributed by atoms with van der Waals surface area (Å²) >= 11 is 0. The minimum atomic E-state index is 0.857. The lowest BCUT2D eigenvalue weighted by Crippen LogP contribution is -2.28. The number of nitrogens with zero attached hydrogens (tertiary/aromatic N) is 2. The monoisotopic (exact) mass is 279 g/mol. The molecule has 0 saturated carbocycles. The Hall–Kier alpha value is -2.42. The number of para-hydroxylation sites is 1. The zero-order valence-electron chi connectivity index (χ0n) is 12.8. The standard InChI is InChI=1S/C18H21N3/c1-14-15(2)21(17-9-5-4-6-10-17)13-20(14)16(3)18-11-7-8-12-19-18/h4-12,19H,13H2,1-3H3/b18-16-. The lowest BCUT2D eigenvalue weighted by atomic mass is 10.2. The molecule has 0 saturated heterocycles. The van der Waals surface area contributed by atoms with Gasteiger partial charge in [0, 0.05) is 29.0 Å². The van der Waals surface area contributed by atoms with Crippen LogP contribution in [0.2, 0.25) is 0 Å². The van der Waals surface area contributed by atoms with Crippen molar-refractivity contribution in [3.8, 4) is 0 Å². The summed E-state index contributed by atoms with van der Waals surface area (Å²) in [5, 5.41) is 3.32. The molecule has 1 aromatic carbocycles. The van der Waals surface area contributed by atoms with Crippen LogP contribution < -0.4 is 10.2 Å². The molecule has 2 heterocycles. The van der Waals surface area contributed by atoms with Crippen molar-refractivity contribution < 1.29 is 0 Å². The molecule has 0 aromatic heterocycles. The van der Waals surface area contributed by atoms with Gasteiger partial charge in [-0.2, -0.15) is 0 Å². The van der Waals surface area contributed by atoms with Gasteiger partial charge in [-0.25, -0.2) is 0 Å². The van der Waals surface area contributed by atoms with Crippen LogP contribution >= 0.6 is 0 Å². The van der Waals surface area contributed by atoms with Gasteiger partial charge in [0.1, 0.15) is 0 Å². The molecule has 2 aliphatic rings. The summed E-state index contributed by atoms with van der Waals surface area (Å²) in [6.07, 6.45) is 8.15. The third kappa shape index (κ3) is 2.47. The van der Waals surface area contributed by atoms with Crippen LogP contribution in [0.3, 0.4) is 0 Å². The van der Waals surface area contributed by atoms with Gasteiger partial charge in [0.25, 0.3) is 0 Å². The maximum absolute atomic E-state index is 3.32. The zero-order chi connectivity index (χ0) is 14.8. The van der Waals surface area contributed by atoms with Crippen molar-refractivity contribution >= 4 is 5.69 Å². The van der Waals surface area contributed by atoms with Gasteiger partial charge < -0.3 is 15.1 Å². The largest absolute Gasteiger partial charge is 0.360 e. The van der Waals surface area contributed by atoms with Crippen LogP contribution in [0.15, 0.2) is 77.5 Å². The third-order valence-corrected chi connectivity index (χ3v) is 4.19. The van der Waals surface area contributed by atoms with E-state index < -0.39 is 0 Å². The molecule has 1 N–H and O–H groups in total. The Morgan fingerprint density at radius 2 is 1.81 bits per heavy atom. The number of dihydropyridines is 1. The molecule has 0 radical (unpaired) electrons. The van der Waals surface area contributed by atoms with Crippen LogP contribution in [0.25, 0.3) is 0 Å². The molecule has 3 rings (SSSR count). The predicted octanol–water partition coefficient (Wildman–Crippen LogP) is 3.92. The SMILES string of the molecule is CC1=C(C)N(c2ccccc2)CN1/C(C)=C1/C=CC=CN1. The molecule has 3 heteroatoms. The molecule has 0 fully saturated rings. The molecule has 0 amide bonds. The minimum absolute atomic E-state index is 0.857. The smallest absolute Gasteiger partial charge is 0.0992 e. The maximum Gasteiger partial charge on any atom is 0.0992 e. The summed E-state index contributed by atoms with van der Waals surface area (Å²) < 4.78 is 0. The van der Waals surface area contributed by atoms with E-state index in [0.29, 0.717) is 0 Å². The van der Waals surface area contributed by atoms with Crippen LogP contribution in [-0.4, -0.2) is 11.6 Å². The van der Waals surface area contributed by atoms with E-state index in [2.05, 4.69) is 78.4 Å². The molecule has 1 aromatic rings. The van der Waals surface area contributed by atoms with E-state index in [9.17, 15) is 0 Å². The highest BCUT2D eigenvalue weighted by Crippen LogP contribution is 2.32. The molecule has 21 heavy (non-hydrogen) atoms. The fourth-order valence-electron chi connectivity index (χ4n) is 2.75. The number of allylic oxidation sites excluding steroid dienone is 6. The first-order valence-electron chi connectivity index (χ1n) is 7.26. The Morgan fingerprint density at radius 3 is 2.48 bits per heavy atom. The molecule has 108 valence electrons. The summed E-state index contributed by atoms with van der Waals surface area (Å²) in [5.74, 6) is 0. The molecular formula is C18H21N3. The van der Waals surface area contributed by atoms with Gasteiger partial charge >= 0.3 is 0 Å². The van der Waals surface area contributed by atoms with Crippen molar-refractivity contribution in [3.05, 3.63) is 77.5 Å². The van der Waals surface area contributed by atoms with Crippen LogP contribution in [-0.2, 0) is 0 Å². The molecular weight excluding hydrogens is 258 g/mol. The second-order valence-electron chi connectivity index (χ2n) is 5.37. The summed E-state index contributed by atoms with van der Waals surface area (Å²) in [4.78, 5) is 4.70. The first kappa shape index (κ1) is 13.6. The van der Waals surface area contributed by atoms with Crippen LogP contribution in [0.5, 0.6) is 0 Å². The number of anilines is 1. The second kappa shape index (κ2) is 5.52. The van der Waals surface area contributed by atoms with Gasteiger partial charge in [0.05, 0.1) is 12.4 Å². The van der Waals surface area contributed by atoms with Gasteiger partial charge in [-0.05, 0) is 45.1 Å². The Labute approximate surface area is 126 Å². The summed E-state index contributed by atoms with van der Waals surface area (Å²) in [6, 6.07) is 10.5. The fraction of sp³-hybridized carbons (Fsp3) is 0.222. The summed E-state index contributed by atoms with van der Waals surface area (Å²) in [6.45, 7) is 7.39. The Morgan fingerprint density at radius 1 is 1.05 bits per heavy atom. The van der Waals surface area contributed by atoms with Crippen LogP contribution in [0.1, 0.15) is 20.8 Å². The lowest BCUT2D eigenvalue weighted by Gasteiger charge is -2.26. The third-order valence-electron chi connectivity index (χ3n) is 4.19. The molecule has 0 unspecified atom stereocenters. The number of rotatable bonds is 2. The summed E-state index contributed by atoms with van der Waals surface area (Å²) in [7, 11) is 0. The van der Waals surface area contributed by atoms with E-state index in [0.717, 1.165) is 12.4 Å². The molecule has 2 aliphatic heterocycles. The van der Waals surface area contributed by atoms with Crippen LogP contribution in [0.4, 0.5) is 5.69 Å². The zero-order valence-corrected chi connectivity index (χ0v) is 12.8. The number of hydrogen-bond donors (Lipinski definition) is 1. The van der Waals surface area contributed by atoms with Gasteiger partial charge in [-0.3, -0.25) is 0 Å². The van der Waals surface area contributed by atoms with E-state index in [-0.39, 0.29) is 0 Å². The maximum atomic E-state index is 3.32. The van der Waals surface area contributed by atoms with Gasteiger partial charge in [0.2, 0.25) is 0 Å². The Bertz CT molecular complexity index is 650. The normalized spacial score (nSPS) is 20.1. The molecule has 0 spiro atoms. The van der Waals surface area contributed by atoms with Gasteiger partial charge in [-0.15, -0.1) is 0 Å². The van der Waals surface area contributed by atoms with E-state index in [4.69, 9.17) is 0 Å². The van der Waals surface area contributed by atoms with E-state index in [1.54, 1.807) is 0 Å². The predicted molar refractivity (Wildman–Crippen MR) is 88.1 cm³/mol. The van der Waals surface area contributed by atoms with E-state index >= 15 is 0 Å². The van der Waals surface area contributed by atoms with Gasteiger partial charge in [-0.1, -0.05) is 24.3 Å². The highest BCUT2D eigenvalue weighted by molar-refractivity contribution is 5.55. The van der Waals surface area contributed by atoms with E-state index in [1.807, 2.05) is 12.3 Å². The number of nitrogens with one attached hydrogen (secondary N) is 1. The molecule has 0 aliphatic carbocycles. The second-order valence-corrected chi connectivity index (χ2v) is 5.37. The van der Waals surface area contributed by atoms with Gasteiger partial charge in [0.15, 0.2) is 0 Å². The number of benzene rings is 1. The first-order chi connectivity index (χ1) is 10.2. The Balaban J connectivity index is 1.90. The van der Waals surface area contributed by atoms with Crippen molar-refractivity contribution in [3.63, 3.8) is 0 Å². The minimum Gasteiger partial charge on any atom is -0.360 e. The summed E-state index contributed by atoms with van der Waals surface area (Å²) in [5.41, 5.74) is 6.23. The van der Waals surface area contributed by atoms with Crippen molar-refractivity contribution in [2.75, 3.05) is 11.6 Å². The topological polar surface area (TPSA) is 18.5 Å². The van der Waals surface area contributed by atoms with Crippen molar-refractivity contribution in [1.82, 2.24) is 10.2 Å². The molecule has 0 atom stereocenters. The average molecular weight is 279 g/mol. The highest BCUT2D eigenvalue weighted by atomic mass is 15.4. The molecule has 3 nitrogen and oxygen atoms in total. The van der Waals surface area contributed by atoms with E-state index in [1.165, 1.54) is 22.8 Å². The average Bonchev–Trinajstić information content (AvgIpc) is 2.84. The lowest BCUT2D eigenvalue weighted by molar-refractivity contribution is 0.461. The van der Waals surface area contributed by atoms with Crippen LogP contribution in [0, 0.1) is 0 Å². The van der Waals surface area contributed by atoms with Crippen molar-refractivity contribution in [2.24, 2.45) is 0 Å². The molecule has 0 bridgehead atoms. The van der Waals surface area contributed by atoms with Crippen molar-refractivity contribution in [2.45, 2.75) is 20.8 Å². The first-order valence-corrected chi connectivity index (χ1v) is 7.26. The van der Waals surface area contributed by atoms with Crippen molar-refractivity contribution in [1.29, 1.82) is 0 Å². The fourth-order valence-corrected chi connectivity index (χ4v) is 2.75. The quantitative estimate of drug-likeness (QED) is 0.885. The number of hydrogen-bond acceptors (Lipinski definition) is 3.